The lowest BCUT2D eigenvalue weighted by Gasteiger charge is -2.09. The van der Waals surface area contributed by atoms with Crippen LogP contribution < -0.4 is 0 Å². The number of alkyl halides is 5. The van der Waals surface area contributed by atoms with E-state index in [1.165, 1.54) is 12.3 Å². The van der Waals surface area contributed by atoms with Crippen molar-refractivity contribution in [2.45, 2.75) is 12.6 Å². The minimum Gasteiger partial charge on any atom is -0.264 e. The third kappa shape index (κ3) is 2.83. The number of aromatic nitrogens is 3. The fraction of sp³-hybridized carbons (Fsp3) is 0.182. The van der Waals surface area contributed by atoms with Gasteiger partial charge in [-0.2, -0.15) is 13.2 Å². The molecule has 100 valence electrons. The largest absolute Gasteiger partial charge is 0.451 e. The summed E-state index contributed by atoms with van der Waals surface area (Å²) in [4.78, 5) is 9.80. The predicted octanol–water partition coefficient (Wildman–Crippen LogP) is 3.50. The highest BCUT2D eigenvalue weighted by Crippen LogP contribution is 2.31. The molecule has 0 fully saturated rings. The second kappa shape index (κ2) is 4.87. The molecular weight excluding hydrogens is 269 g/mol. The molecule has 0 spiro atoms. The van der Waals surface area contributed by atoms with Gasteiger partial charge in [0.25, 0.3) is 6.43 Å². The Kier molecular flexibility index (Phi) is 3.41. The van der Waals surface area contributed by atoms with Crippen molar-refractivity contribution in [3.05, 3.63) is 42.2 Å². The summed E-state index contributed by atoms with van der Waals surface area (Å²) in [7, 11) is 0. The van der Waals surface area contributed by atoms with Crippen LogP contribution in [0.3, 0.4) is 0 Å². The van der Waals surface area contributed by atoms with Crippen LogP contribution in [0.1, 0.15) is 17.8 Å². The molecule has 2 aromatic heterocycles. The Morgan fingerprint density at radius 3 is 2.16 bits per heavy atom. The molecule has 0 atom stereocenters. The SMILES string of the molecule is FC(F)c1cnccc1-c1cnc(C(F)(F)F)nc1. The van der Waals surface area contributed by atoms with Gasteiger partial charge in [0.2, 0.25) is 5.82 Å². The minimum absolute atomic E-state index is 0.0544. The molecule has 0 radical (unpaired) electrons. The molecule has 0 unspecified atom stereocenters. The standard InChI is InChI=1S/C11H6F5N3/c12-9(13)8-5-17-2-1-7(8)6-3-18-10(19-4-6)11(14,15)16/h1-5,9H. The molecule has 3 nitrogen and oxygen atoms in total. The van der Waals surface area contributed by atoms with Crippen LogP contribution in [0.5, 0.6) is 0 Å². The van der Waals surface area contributed by atoms with E-state index in [-0.39, 0.29) is 16.7 Å². The van der Waals surface area contributed by atoms with E-state index in [1.807, 2.05) is 0 Å². The Hall–Kier alpha value is -2.12. The Balaban J connectivity index is 2.43. The quantitative estimate of drug-likeness (QED) is 0.787. The Morgan fingerprint density at radius 2 is 1.63 bits per heavy atom. The Bertz CT molecular complexity index is 565. The van der Waals surface area contributed by atoms with E-state index in [1.54, 1.807) is 0 Å². The lowest BCUT2D eigenvalue weighted by atomic mass is 10.1. The van der Waals surface area contributed by atoms with Gasteiger partial charge in [0.05, 0.1) is 0 Å². The van der Waals surface area contributed by atoms with Gasteiger partial charge in [0.1, 0.15) is 0 Å². The lowest BCUT2D eigenvalue weighted by molar-refractivity contribution is -0.144. The highest BCUT2D eigenvalue weighted by molar-refractivity contribution is 5.65. The first-order valence-corrected chi connectivity index (χ1v) is 5.01. The van der Waals surface area contributed by atoms with Crippen molar-refractivity contribution >= 4 is 0 Å². The third-order valence-corrected chi connectivity index (χ3v) is 2.30. The van der Waals surface area contributed by atoms with Crippen LogP contribution in [0, 0.1) is 0 Å². The molecule has 19 heavy (non-hydrogen) atoms. The fourth-order valence-electron chi connectivity index (χ4n) is 1.46. The maximum Gasteiger partial charge on any atom is 0.451 e. The molecule has 0 aromatic carbocycles. The molecular formula is C11H6F5N3. The summed E-state index contributed by atoms with van der Waals surface area (Å²) in [5.41, 5.74) is -0.254. The second-order valence-electron chi connectivity index (χ2n) is 3.56. The van der Waals surface area contributed by atoms with Crippen molar-refractivity contribution in [2.75, 3.05) is 0 Å². The van der Waals surface area contributed by atoms with Gasteiger partial charge in [0.15, 0.2) is 0 Å². The zero-order valence-electron chi connectivity index (χ0n) is 9.20. The van der Waals surface area contributed by atoms with Crippen molar-refractivity contribution in [3.8, 4) is 11.1 Å². The maximum atomic E-state index is 12.7. The van der Waals surface area contributed by atoms with Crippen molar-refractivity contribution < 1.29 is 22.0 Å². The molecule has 0 saturated heterocycles. The van der Waals surface area contributed by atoms with Crippen LogP contribution in [-0.2, 0) is 6.18 Å². The van der Waals surface area contributed by atoms with E-state index in [4.69, 9.17) is 0 Å². The summed E-state index contributed by atoms with van der Waals surface area (Å²) in [6, 6.07) is 1.27. The highest BCUT2D eigenvalue weighted by atomic mass is 19.4. The molecule has 0 saturated carbocycles. The monoisotopic (exact) mass is 275 g/mol. The first-order valence-electron chi connectivity index (χ1n) is 5.01. The third-order valence-electron chi connectivity index (χ3n) is 2.30. The average Bonchev–Trinajstić information content (AvgIpc) is 2.38. The number of nitrogens with zero attached hydrogens (tertiary/aromatic N) is 3. The van der Waals surface area contributed by atoms with Crippen LogP contribution >= 0.6 is 0 Å². The number of pyridine rings is 1. The molecule has 2 aromatic rings. The van der Waals surface area contributed by atoms with E-state index in [2.05, 4.69) is 15.0 Å². The van der Waals surface area contributed by atoms with Gasteiger partial charge in [-0.3, -0.25) is 4.98 Å². The predicted molar refractivity (Wildman–Crippen MR) is 55.2 cm³/mol. The molecule has 0 N–H and O–H groups in total. The Morgan fingerprint density at radius 1 is 1.00 bits per heavy atom. The lowest BCUT2D eigenvalue weighted by Crippen LogP contribution is -2.10. The molecule has 0 aliphatic rings. The van der Waals surface area contributed by atoms with E-state index in [9.17, 15) is 22.0 Å². The highest BCUT2D eigenvalue weighted by Gasteiger charge is 2.34. The van der Waals surface area contributed by atoms with Crippen molar-refractivity contribution in [2.24, 2.45) is 0 Å². The summed E-state index contributed by atoms with van der Waals surface area (Å²) in [5.74, 6) is -1.32. The summed E-state index contributed by atoms with van der Waals surface area (Å²) in [6.07, 6.45) is -3.52. The maximum absolute atomic E-state index is 12.7. The number of rotatable bonds is 2. The topological polar surface area (TPSA) is 38.7 Å². The van der Waals surface area contributed by atoms with Gasteiger partial charge < -0.3 is 0 Å². The number of hydrogen-bond acceptors (Lipinski definition) is 3. The van der Waals surface area contributed by atoms with Gasteiger partial charge in [-0.15, -0.1) is 0 Å². The minimum atomic E-state index is -4.66. The zero-order valence-corrected chi connectivity index (χ0v) is 9.20. The normalized spacial score (nSPS) is 11.9. The molecule has 2 rings (SSSR count). The number of halogens is 5. The van der Waals surface area contributed by atoms with Crippen LogP contribution in [0.15, 0.2) is 30.9 Å². The average molecular weight is 275 g/mol. The first kappa shape index (κ1) is 13.3. The summed E-state index contributed by atoms with van der Waals surface area (Å²) in [5, 5.41) is 0. The molecule has 0 bridgehead atoms. The smallest absolute Gasteiger partial charge is 0.264 e. The molecule has 8 heteroatoms. The van der Waals surface area contributed by atoms with Crippen molar-refractivity contribution in [1.29, 1.82) is 0 Å². The number of hydrogen-bond donors (Lipinski definition) is 0. The van der Waals surface area contributed by atoms with Crippen molar-refractivity contribution in [1.82, 2.24) is 15.0 Å². The molecule has 0 aliphatic carbocycles. The van der Waals surface area contributed by atoms with Crippen LogP contribution in [0.25, 0.3) is 11.1 Å². The van der Waals surface area contributed by atoms with Crippen LogP contribution in [-0.4, -0.2) is 15.0 Å². The molecule has 0 amide bonds. The van der Waals surface area contributed by atoms with Gasteiger partial charge in [-0.25, -0.2) is 18.7 Å². The first-order chi connectivity index (χ1) is 8.89. The van der Waals surface area contributed by atoms with E-state index >= 15 is 0 Å². The van der Waals surface area contributed by atoms with Gasteiger partial charge >= 0.3 is 6.18 Å². The molecule has 0 aliphatic heterocycles. The summed E-state index contributed by atoms with van der Waals surface area (Å²) >= 11 is 0. The van der Waals surface area contributed by atoms with Crippen LogP contribution in [0.4, 0.5) is 22.0 Å². The molecule has 2 heterocycles. The summed E-state index contributed by atoms with van der Waals surface area (Å²) < 4.78 is 62.3. The second-order valence-corrected chi connectivity index (χ2v) is 3.56. The van der Waals surface area contributed by atoms with E-state index in [0.717, 1.165) is 18.6 Å². The fourth-order valence-corrected chi connectivity index (χ4v) is 1.46. The summed E-state index contributed by atoms with van der Waals surface area (Å²) in [6.45, 7) is 0. The Labute approximate surface area is 104 Å². The van der Waals surface area contributed by atoms with Gasteiger partial charge in [-0.1, -0.05) is 0 Å². The van der Waals surface area contributed by atoms with E-state index in [0.29, 0.717) is 0 Å². The van der Waals surface area contributed by atoms with Gasteiger partial charge in [0, 0.05) is 35.9 Å². The van der Waals surface area contributed by atoms with Gasteiger partial charge in [-0.05, 0) is 11.6 Å². The zero-order chi connectivity index (χ0) is 14.0. The van der Waals surface area contributed by atoms with Crippen LogP contribution in [0.2, 0.25) is 0 Å². The van der Waals surface area contributed by atoms with Crippen molar-refractivity contribution in [3.63, 3.8) is 0 Å². The van der Waals surface area contributed by atoms with E-state index < -0.39 is 18.4 Å².